The normalized spacial score (nSPS) is 13.1. The Morgan fingerprint density at radius 1 is 1.33 bits per heavy atom. The van der Waals surface area contributed by atoms with Gasteiger partial charge >= 0.3 is 6.18 Å². The van der Waals surface area contributed by atoms with Crippen LogP contribution < -0.4 is 5.73 Å². The van der Waals surface area contributed by atoms with Crippen molar-refractivity contribution in [1.29, 1.82) is 0 Å². The Labute approximate surface area is 91.3 Å². The Morgan fingerprint density at radius 3 is 2.13 bits per heavy atom. The average molecular weight is 242 g/mol. The highest BCUT2D eigenvalue weighted by molar-refractivity contribution is 5.85. The molecule has 15 heavy (non-hydrogen) atoms. The van der Waals surface area contributed by atoms with Crippen LogP contribution in [0.3, 0.4) is 0 Å². The molecule has 86 valence electrons. The van der Waals surface area contributed by atoms with Crippen molar-refractivity contribution >= 4 is 12.4 Å². The maximum Gasteiger partial charge on any atom is 0.451 e. The summed E-state index contributed by atoms with van der Waals surface area (Å²) >= 11 is 0. The van der Waals surface area contributed by atoms with Gasteiger partial charge in [0.25, 0.3) is 0 Å². The third kappa shape index (κ3) is 3.64. The summed E-state index contributed by atoms with van der Waals surface area (Å²) in [4.78, 5) is 6.41. The van der Waals surface area contributed by atoms with Gasteiger partial charge in [-0.25, -0.2) is 9.97 Å². The van der Waals surface area contributed by atoms with Gasteiger partial charge in [0.2, 0.25) is 5.82 Å². The van der Waals surface area contributed by atoms with Gasteiger partial charge in [0.1, 0.15) is 0 Å². The minimum atomic E-state index is -4.49. The van der Waals surface area contributed by atoms with Crippen LogP contribution in [0.25, 0.3) is 0 Å². The van der Waals surface area contributed by atoms with Crippen LogP contribution in [0, 0.1) is 0 Å². The van der Waals surface area contributed by atoms with Crippen molar-refractivity contribution in [3.63, 3.8) is 0 Å². The van der Waals surface area contributed by atoms with Gasteiger partial charge in [-0.05, 0) is 6.42 Å². The molecule has 0 saturated heterocycles. The predicted molar refractivity (Wildman–Crippen MR) is 51.5 cm³/mol. The molecule has 0 amide bonds. The molecule has 0 radical (unpaired) electrons. The van der Waals surface area contributed by atoms with E-state index < -0.39 is 12.0 Å². The molecule has 0 aliphatic heterocycles. The molecule has 2 N–H and O–H groups in total. The minimum absolute atomic E-state index is 0. The molecule has 0 spiro atoms. The van der Waals surface area contributed by atoms with Gasteiger partial charge in [0.15, 0.2) is 0 Å². The number of alkyl halides is 3. The van der Waals surface area contributed by atoms with Gasteiger partial charge in [-0.15, -0.1) is 12.4 Å². The smallest absolute Gasteiger partial charge is 0.324 e. The Morgan fingerprint density at radius 2 is 1.80 bits per heavy atom. The fraction of sp³-hybridized carbons (Fsp3) is 0.500. The maximum absolute atomic E-state index is 12.0. The largest absolute Gasteiger partial charge is 0.451 e. The fourth-order valence-corrected chi connectivity index (χ4v) is 0.912. The van der Waals surface area contributed by atoms with Gasteiger partial charge in [-0.1, -0.05) is 6.92 Å². The van der Waals surface area contributed by atoms with E-state index in [4.69, 9.17) is 5.73 Å². The first-order valence-corrected chi connectivity index (χ1v) is 4.10. The number of nitrogens with zero attached hydrogens (tertiary/aromatic N) is 2. The number of aromatic nitrogens is 2. The molecule has 1 unspecified atom stereocenters. The molecule has 1 atom stereocenters. The quantitative estimate of drug-likeness (QED) is 0.865. The Balaban J connectivity index is 0.00000196. The Hall–Kier alpha value is -0.880. The van der Waals surface area contributed by atoms with E-state index in [9.17, 15) is 13.2 Å². The summed E-state index contributed by atoms with van der Waals surface area (Å²) in [6, 6.07) is -0.308. The number of hydrogen-bond acceptors (Lipinski definition) is 3. The Bertz CT molecular complexity index is 299. The summed E-state index contributed by atoms with van der Waals surface area (Å²) in [5.74, 6) is -1.13. The third-order valence-corrected chi connectivity index (χ3v) is 1.79. The van der Waals surface area contributed by atoms with Gasteiger partial charge in [-0.3, -0.25) is 0 Å². The highest BCUT2D eigenvalue weighted by Crippen LogP contribution is 2.25. The van der Waals surface area contributed by atoms with E-state index in [1.807, 2.05) is 6.92 Å². The predicted octanol–water partition coefficient (Wildman–Crippen LogP) is 2.33. The van der Waals surface area contributed by atoms with Crippen LogP contribution >= 0.6 is 12.4 Å². The molecular weight excluding hydrogens is 231 g/mol. The van der Waals surface area contributed by atoms with Crippen molar-refractivity contribution < 1.29 is 13.2 Å². The minimum Gasteiger partial charge on any atom is -0.324 e. The van der Waals surface area contributed by atoms with E-state index in [1.165, 1.54) is 0 Å². The van der Waals surface area contributed by atoms with Gasteiger partial charge in [0, 0.05) is 24.0 Å². The summed E-state index contributed by atoms with van der Waals surface area (Å²) in [6.07, 6.45) is -1.63. The molecule has 0 aromatic carbocycles. The van der Waals surface area contributed by atoms with Crippen LogP contribution in [0.2, 0.25) is 0 Å². The molecule has 1 aromatic heterocycles. The fourth-order valence-electron chi connectivity index (χ4n) is 0.912. The first kappa shape index (κ1) is 14.1. The van der Waals surface area contributed by atoms with Crippen molar-refractivity contribution in [2.24, 2.45) is 5.73 Å². The zero-order valence-electron chi connectivity index (χ0n) is 7.95. The maximum atomic E-state index is 12.0. The van der Waals surface area contributed by atoms with E-state index in [0.717, 1.165) is 12.4 Å². The van der Waals surface area contributed by atoms with E-state index in [0.29, 0.717) is 12.0 Å². The second kappa shape index (κ2) is 5.27. The molecule has 1 rings (SSSR count). The first-order chi connectivity index (χ1) is 6.45. The van der Waals surface area contributed by atoms with Gasteiger partial charge in [0.05, 0.1) is 0 Å². The molecule has 7 heteroatoms. The zero-order chi connectivity index (χ0) is 10.8. The van der Waals surface area contributed by atoms with Crippen molar-refractivity contribution in [3.05, 3.63) is 23.8 Å². The first-order valence-electron chi connectivity index (χ1n) is 4.10. The van der Waals surface area contributed by atoms with Crippen LogP contribution in [0.5, 0.6) is 0 Å². The second-order valence-electron chi connectivity index (χ2n) is 2.85. The highest BCUT2D eigenvalue weighted by Gasteiger charge is 2.34. The van der Waals surface area contributed by atoms with Crippen molar-refractivity contribution in [1.82, 2.24) is 9.97 Å². The summed E-state index contributed by atoms with van der Waals surface area (Å²) in [5, 5.41) is 0. The molecule has 0 bridgehead atoms. The van der Waals surface area contributed by atoms with E-state index in [1.54, 1.807) is 0 Å². The van der Waals surface area contributed by atoms with Crippen molar-refractivity contribution in [3.8, 4) is 0 Å². The van der Waals surface area contributed by atoms with Gasteiger partial charge in [-0.2, -0.15) is 13.2 Å². The number of rotatable bonds is 2. The number of halogens is 4. The molecule has 0 fully saturated rings. The zero-order valence-corrected chi connectivity index (χ0v) is 8.77. The van der Waals surface area contributed by atoms with Crippen LogP contribution in [0.1, 0.15) is 30.8 Å². The highest BCUT2D eigenvalue weighted by atomic mass is 35.5. The molecule has 0 aliphatic rings. The topological polar surface area (TPSA) is 51.8 Å². The molecule has 3 nitrogen and oxygen atoms in total. The SMILES string of the molecule is CCC(N)c1cnc(C(F)(F)F)nc1.Cl. The summed E-state index contributed by atoms with van der Waals surface area (Å²) in [6.45, 7) is 1.84. The van der Waals surface area contributed by atoms with Crippen LogP contribution in [-0.2, 0) is 6.18 Å². The van der Waals surface area contributed by atoms with Crippen LogP contribution in [0.4, 0.5) is 13.2 Å². The lowest BCUT2D eigenvalue weighted by Crippen LogP contribution is -2.14. The lowest BCUT2D eigenvalue weighted by atomic mass is 10.1. The molecular formula is C8H11ClF3N3. The monoisotopic (exact) mass is 241 g/mol. The molecule has 1 aromatic rings. The van der Waals surface area contributed by atoms with Crippen molar-refractivity contribution in [2.45, 2.75) is 25.6 Å². The molecule has 0 aliphatic carbocycles. The third-order valence-electron chi connectivity index (χ3n) is 1.79. The lowest BCUT2D eigenvalue weighted by molar-refractivity contribution is -0.145. The summed E-state index contributed by atoms with van der Waals surface area (Å²) < 4.78 is 36.1. The van der Waals surface area contributed by atoms with Crippen molar-refractivity contribution in [2.75, 3.05) is 0 Å². The van der Waals surface area contributed by atoms with E-state index in [2.05, 4.69) is 9.97 Å². The second-order valence-corrected chi connectivity index (χ2v) is 2.85. The Kier molecular flexibility index (Phi) is 4.96. The van der Waals surface area contributed by atoms with Gasteiger partial charge < -0.3 is 5.73 Å². The summed E-state index contributed by atoms with van der Waals surface area (Å²) in [7, 11) is 0. The van der Waals surface area contributed by atoms with Crippen LogP contribution in [0.15, 0.2) is 12.4 Å². The lowest BCUT2D eigenvalue weighted by Gasteiger charge is -2.09. The standard InChI is InChI=1S/C8H10F3N3.ClH/c1-2-6(12)5-3-13-7(14-4-5)8(9,10)11;/h3-4,6H,2,12H2,1H3;1H. The van der Waals surface area contributed by atoms with Crippen LogP contribution in [-0.4, -0.2) is 9.97 Å². The average Bonchev–Trinajstić information content (AvgIpc) is 2.15. The van der Waals surface area contributed by atoms with E-state index >= 15 is 0 Å². The van der Waals surface area contributed by atoms with E-state index in [-0.39, 0.29) is 18.4 Å². The number of nitrogens with two attached hydrogens (primary N) is 1. The number of hydrogen-bond donors (Lipinski definition) is 1. The molecule has 1 heterocycles. The molecule has 0 saturated carbocycles. The summed E-state index contributed by atoms with van der Waals surface area (Å²) in [5.41, 5.74) is 6.11.